The highest BCUT2D eigenvalue weighted by atomic mass is 19.4. The molecule has 1 aromatic rings. The van der Waals surface area contributed by atoms with E-state index in [0.717, 1.165) is 44.3 Å². The summed E-state index contributed by atoms with van der Waals surface area (Å²) in [5.74, 6) is 0.438. The lowest BCUT2D eigenvalue weighted by Gasteiger charge is -2.39. The van der Waals surface area contributed by atoms with E-state index in [1.165, 1.54) is 12.1 Å². The fraction of sp³-hybridized carbons (Fsp3) is 0.533. The summed E-state index contributed by atoms with van der Waals surface area (Å²) in [7, 11) is 0. The number of hydrogen-bond acceptors (Lipinski definition) is 3. The SMILES string of the molecule is FC(F)(F)c1ccccc1CO/N=C1/CN2CCC1CC2. The van der Waals surface area contributed by atoms with Crippen molar-refractivity contribution in [2.45, 2.75) is 25.6 Å². The van der Waals surface area contributed by atoms with Crippen LogP contribution in [0.15, 0.2) is 29.4 Å². The van der Waals surface area contributed by atoms with Crippen molar-refractivity contribution in [1.29, 1.82) is 0 Å². The highest BCUT2D eigenvalue weighted by molar-refractivity contribution is 5.89. The molecule has 21 heavy (non-hydrogen) atoms. The highest BCUT2D eigenvalue weighted by Gasteiger charge is 2.33. The van der Waals surface area contributed by atoms with E-state index >= 15 is 0 Å². The van der Waals surface area contributed by atoms with Gasteiger partial charge in [-0.3, -0.25) is 4.90 Å². The minimum atomic E-state index is -4.36. The molecular weight excluding hydrogens is 281 g/mol. The van der Waals surface area contributed by atoms with E-state index < -0.39 is 11.7 Å². The van der Waals surface area contributed by atoms with Gasteiger partial charge in [-0.2, -0.15) is 13.2 Å². The average molecular weight is 298 g/mol. The van der Waals surface area contributed by atoms with E-state index in [1.54, 1.807) is 6.07 Å². The van der Waals surface area contributed by atoms with E-state index in [9.17, 15) is 13.2 Å². The van der Waals surface area contributed by atoms with Gasteiger partial charge in [0.15, 0.2) is 0 Å². The van der Waals surface area contributed by atoms with Crippen molar-refractivity contribution >= 4 is 5.71 Å². The molecule has 0 N–H and O–H groups in total. The standard InChI is InChI=1S/C15H17F3N2O/c16-15(17,18)13-4-2-1-3-12(13)10-21-19-14-9-20-7-5-11(14)6-8-20/h1-4,11H,5-10H2/b19-14-. The monoisotopic (exact) mass is 298 g/mol. The van der Waals surface area contributed by atoms with Crippen LogP contribution in [0.2, 0.25) is 0 Å². The van der Waals surface area contributed by atoms with E-state index in [1.807, 2.05) is 0 Å². The highest BCUT2D eigenvalue weighted by Crippen LogP contribution is 2.32. The van der Waals surface area contributed by atoms with Crippen molar-refractivity contribution in [2.75, 3.05) is 19.6 Å². The van der Waals surface area contributed by atoms with Crippen LogP contribution in [0, 0.1) is 5.92 Å². The predicted octanol–water partition coefficient (Wildman–Crippen LogP) is 3.30. The fourth-order valence-electron chi connectivity index (χ4n) is 2.99. The van der Waals surface area contributed by atoms with Gasteiger partial charge in [-0.1, -0.05) is 23.4 Å². The molecular formula is C15H17F3N2O. The molecule has 114 valence electrons. The molecule has 3 aliphatic heterocycles. The van der Waals surface area contributed by atoms with Crippen molar-refractivity contribution in [3.8, 4) is 0 Å². The molecule has 4 rings (SSSR count). The second-order valence-electron chi connectivity index (χ2n) is 5.56. The van der Waals surface area contributed by atoms with Crippen molar-refractivity contribution < 1.29 is 18.0 Å². The van der Waals surface area contributed by atoms with Crippen LogP contribution >= 0.6 is 0 Å². The van der Waals surface area contributed by atoms with Gasteiger partial charge < -0.3 is 4.84 Å². The Morgan fingerprint density at radius 2 is 1.90 bits per heavy atom. The van der Waals surface area contributed by atoms with Crippen molar-refractivity contribution in [2.24, 2.45) is 11.1 Å². The van der Waals surface area contributed by atoms with Crippen LogP contribution in [0.25, 0.3) is 0 Å². The zero-order valence-corrected chi connectivity index (χ0v) is 11.6. The third-order valence-electron chi connectivity index (χ3n) is 4.17. The lowest BCUT2D eigenvalue weighted by atomic mass is 9.87. The van der Waals surface area contributed by atoms with Crippen LogP contribution in [0.5, 0.6) is 0 Å². The van der Waals surface area contributed by atoms with Gasteiger partial charge >= 0.3 is 6.18 Å². The first kappa shape index (κ1) is 14.4. The molecule has 1 aromatic carbocycles. The maximum atomic E-state index is 12.9. The van der Waals surface area contributed by atoms with Crippen LogP contribution < -0.4 is 0 Å². The molecule has 0 saturated carbocycles. The zero-order chi connectivity index (χ0) is 14.9. The largest absolute Gasteiger partial charge is 0.416 e. The minimum absolute atomic E-state index is 0.121. The van der Waals surface area contributed by atoms with Crippen LogP contribution in [0.3, 0.4) is 0 Å². The summed E-state index contributed by atoms with van der Waals surface area (Å²) >= 11 is 0. The van der Waals surface area contributed by atoms with Gasteiger partial charge in [0.2, 0.25) is 0 Å². The Kier molecular flexibility index (Phi) is 3.89. The number of alkyl halides is 3. The number of hydrogen-bond donors (Lipinski definition) is 0. The maximum absolute atomic E-state index is 12.9. The minimum Gasteiger partial charge on any atom is -0.391 e. The predicted molar refractivity (Wildman–Crippen MR) is 72.8 cm³/mol. The summed E-state index contributed by atoms with van der Waals surface area (Å²) in [5.41, 5.74) is 0.437. The van der Waals surface area contributed by atoms with E-state index in [0.29, 0.717) is 5.92 Å². The molecule has 3 heterocycles. The van der Waals surface area contributed by atoms with Gasteiger partial charge in [0.05, 0.1) is 11.3 Å². The van der Waals surface area contributed by atoms with Crippen LogP contribution in [-0.4, -0.2) is 30.2 Å². The molecule has 0 spiro atoms. The lowest BCUT2D eigenvalue weighted by molar-refractivity contribution is -0.138. The molecule has 3 aliphatic rings. The van der Waals surface area contributed by atoms with Gasteiger partial charge in [0.1, 0.15) is 6.61 Å². The summed E-state index contributed by atoms with van der Waals surface area (Å²) < 4.78 is 38.6. The second kappa shape index (κ2) is 5.67. The number of piperidine rings is 3. The van der Waals surface area contributed by atoms with Gasteiger partial charge in [0, 0.05) is 18.0 Å². The molecule has 3 nitrogen and oxygen atoms in total. The van der Waals surface area contributed by atoms with Crippen LogP contribution in [-0.2, 0) is 17.6 Å². The number of oxime groups is 1. The summed E-state index contributed by atoms with van der Waals surface area (Å²) in [6, 6.07) is 5.46. The topological polar surface area (TPSA) is 24.8 Å². The lowest BCUT2D eigenvalue weighted by Crippen LogP contribution is -2.47. The summed E-state index contributed by atoms with van der Waals surface area (Å²) in [6.07, 6.45) is -2.22. The summed E-state index contributed by atoms with van der Waals surface area (Å²) in [6.45, 7) is 2.80. The molecule has 0 unspecified atom stereocenters. The molecule has 2 bridgehead atoms. The Hall–Kier alpha value is -1.56. The van der Waals surface area contributed by atoms with Gasteiger partial charge in [-0.15, -0.1) is 0 Å². The van der Waals surface area contributed by atoms with Crippen molar-refractivity contribution in [1.82, 2.24) is 4.90 Å². The van der Waals surface area contributed by atoms with E-state index in [4.69, 9.17) is 4.84 Å². The van der Waals surface area contributed by atoms with E-state index in [-0.39, 0.29) is 12.2 Å². The first-order chi connectivity index (χ1) is 10.0. The molecule has 0 radical (unpaired) electrons. The third-order valence-corrected chi connectivity index (χ3v) is 4.17. The molecule has 0 atom stereocenters. The number of halogens is 3. The Morgan fingerprint density at radius 1 is 1.19 bits per heavy atom. The normalized spacial score (nSPS) is 27.1. The zero-order valence-electron chi connectivity index (χ0n) is 11.6. The average Bonchev–Trinajstić information content (AvgIpc) is 2.48. The van der Waals surface area contributed by atoms with E-state index in [2.05, 4.69) is 10.1 Å². The molecule has 3 saturated heterocycles. The van der Waals surface area contributed by atoms with Gasteiger partial charge in [-0.25, -0.2) is 0 Å². The number of nitrogens with zero attached hydrogens (tertiary/aromatic N) is 2. The van der Waals surface area contributed by atoms with Crippen LogP contribution in [0.1, 0.15) is 24.0 Å². The Labute approximate surface area is 121 Å². The first-order valence-electron chi connectivity index (χ1n) is 7.10. The van der Waals surface area contributed by atoms with Gasteiger partial charge in [-0.05, 0) is 32.0 Å². The number of fused-ring (bicyclic) bond motifs is 3. The second-order valence-corrected chi connectivity index (χ2v) is 5.56. The Balaban J connectivity index is 1.66. The first-order valence-corrected chi connectivity index (χ1v) is 7.10. The summed E-state index contributed by atoms with van der Waals surface area (Å²) in [4.78, 5) is 7.51. The third kappa shape index (κ3) is 3.20. The Morgan fingerprint density at radius 3 is 2.52 bits per heavy atom. The fourth-order valence-corrected chi connectivity index (χ4v) is 2.99. The van der Waals surface area contributed by atoms with Crippen LogP contribution in [0.4, 0.5) is 13.2 Å². The smallest absolute Gasteiger partial charge is 0.391 e. The number of benzene rings is 1. The molecule has 0 aromatic heterocycles. The Bertz CT molecular complexity index is 534. The van der Waals surface area contributed by atoms with Crippen molar-refractivity contribution in [3.05, 3.63) is 35.4 Å². The maximum Gasteiger partial charge on any atom is 0.416 e. The molecule has 0 aliphatic carbocycles. The molecule has 0 amide bonds. The van der Waals surface area contributed by atoms with Gasteiger partial charge in [0.25, 0.3) is 0 Å². The molecule has 6 heteroatoms. The summed E-state index contributed by atoms with van der Waals surface area (Å²) in [5, 5.41) is 4.09. The quantitative estimate of drug-likeness (QED) is 0.800. The number of rotatable bonds is 3. The van der Waals surface area contributed by atoms with Crippen molar-refractivity contribution in [3.63, 3.8) is 0 Å². The molecule has 3 fully saturated rings.